The zero-order chi connectivity index (χ0) is 11.5. The number of rotatable bonds is 3. The van der Waals surface area contributed by atoms with Crippen LogP contribution in [-0.4, -0.2) is 35.4 Å². The molecule has 0 bridgehead atoms. The van der Waals surface area contributed by atoms with Gasteiger partial charge in [-0.25, -0.2) is 0 Å². The van der Waals surface area contributed by atoms with E-state index >= 15 is 0 Å². The number of amides is 1. The van der Waals surface area contributed by atoms with Gasteiger partial charge in [0.15, 0.2) is 0 Å². The standard InChI is InChI=1S/C9H12ClN3O2S/c1-15-6-3-2-5(4-6)11-7(14)8-12-13-9(10)16-8/h5-6H,2-4H2,1H3,(H,11,14). The largest absolute Gasteiger partial charge is 0.381 e. The Hall–Kier alpha value is -0.720. The first kappa shape index (κ1) is 11.8. The predicted octanol–water partition coefficient (Wildman–Crippen LogP) is 1.49. The van der Waals surface area contributed by atoms with Crippen molar-refractivity contribution < 1.29 is 9.53 Å². The van der Waals surface area contributed by atoms with E-state index in [0.29, 0.717) is 5.01 Å². The van der Waals surface area contributed by atoms with Gasteiger partial charge in [-0.15, -0.1) is 10.2 Å². The molecule has 0 radical (unpaired) electrons. The maximum Gasteiger partial charge on any atom is 0.282 e. The van der Waals surface area contributed by atoms with Crippen molar-refractivity contribution >= 4 is 28.8 Å². The highest BCUT2D eigenvalue weighted by Gasteiger charge is 2.26. The van der Waals surface area contributed by atoms with Crippen LogP contribution in [0.2, 0.25) is 4.47 Å². The van der Waals surface area contributed by atoms with Crippen LogP contribution in [-0.2, 0) is 4.74 Å². The third kappa shape index (κ3) is 2.69. The molecule has 1 saturated carbocycles. The van der Waals surface area contributed by atoms with Gasteiger partial charge in [-0.1, -0.05) is 11.3 Å². The summed E-state index contributed by atoms with van der Waals surface area (Å²) in [5, 5.41) is 10.5. The van der Waals surface area contributed by atoms with Crippen LogP contribution in [0.4, 0.5) is 0 Å². The van der Waals surface area contributed by atoms with Crippen LogP contribution in [0.25, 0.3) is 0 Å². The minimum atomic E-state index is -0.203. The zero-order valence-electron chi connectivity index (χ0n) is 8.77. The van der Waals surface area contributed by atoms with Gasteiger partial charge in [0.2, 0.25) is 9.47 Å². The summed E-state index contributed by atoms with van der Waals surface area (Å²) in [6.07, 6.45) is 3.03. The molecule has 5 nitrogen and oxygen atoms in total. The molecule has 1 N–H and O–H groups in total. The SMILES string of the molecule is COC1CCC(NC(=O)c2nnc(Cl)s2)C1. The lowest BCUT2D eigenvalue weighted by Gasteiger charge is -2.11. The summed E-state index contributed by atoms with van der Waals surface area (Å²) in [7, 11) is 1.69. The maximum atomic E-state index is 11.7. The summed E-state index contributed by atoms with van der Waals surface area (Å²) in [6.45, 7) is 0. The van der Waals surface area contributed by atoms with Crippen molar-refractivity contribution in [2.75, 3.05) is 7.11 Å². The quantitative estimate of drug-likeness (QED) is 0.895. The second-order valence-electron chi connectivity index (χ2n) is 3.70. The number of carbonyl (C=O) groups excluding carboxylic acids is 1. The smallest absolute Gasteiger partial charge is 0.282 e. The molecule has 0 saturated heterocycles. The van der Waals surface area contributed by atoms with Crippen molar-refractivity contribution in [3.63, 3.8) is 0 Å². The fourth-order valence-corrected chi connectivity index (χ4v) is 2.56. The third-order valence-electron chi connectivity index (χ3n) is 2.65. The summed E-state index contributed by atoms with van der Waals surface area (Å²) < 4.78 is 5.52. The Morgan fingerprint density at radius 3 is 2.94 bits per heavy atom. The lowest BCUT2D eigenvalue weighted by atomic mass is 10.2. The number of nitrogens with one attached hydrogen (secondary N) is 1. The number of aromatic nitrogens is 2. The normalized spacial score (nSPS) is 24.6. The van der Waals surface area contributed by atoms with Crippen LogP contribution in [0.3, 0.4) is 0 Å². The predicted molar refractivity (Wildman–Crippen MR) is 60.8 cm³/mol. The van der Waals surface area contributed by atoms with Crippen LogP contribution < -0.4 is 5.32 Å². The molecule has 0 aliphatic heterocycles. The van der Waals surface area contributed by atoms with Crippen molar-refractivity contribution in [3.8, 4) is 0 Å². The van der Waals surface area contributed by atoms with E-state index in [1.807, 2.05) is 0 Å². The molecule has 88 valence electrons. The molecule has 0 aromatic carbocycles. The molecule has 2 atom stereocenters. The van der Waals surface area contributed by atoms with E-state index in [1.54, 1.807) is 7.11 Å². The number of hydrogen-bond acceptors (Lipinski definition) is 5. The van der Waals surface area contributed by atoms with Crippen LogP contribution in [0.15, 0.2) is 0 Å². The molecule has 1 aliphatic rings. The molecular formula is C9H12ClN3O2S. The number of methoxy groups -OCH3 is 1. The molecule has 0 spiro atoms. The van der Waals surface area contributed by atoms with Gasteiger partial charge in [0, 0.05) is 13.2 Å². The Bertz CT molecular complexity index is 385. The van der Waals surface area contributed by atoms with Crippen LogP contribution in [0, 0.1) is 0 Å². The highest BCUT2D eigenvalue weighted by atomic mass is 35.5. The third-order valence-corrected chi connectivity index (χ3v) is 3.67. The van der Waals surface area contributed by atoms with Gasteiger partial charge < -0.3 is 10.1 Å². The van der Waals surface area contributed by atoms with Gasteiger partial charge in [0.25, 0.3) is 5.91 Å². The lowest BCUT2D eigenvalue weighted by molar-refractivity contribution is 0.0914. The van der Waals surface area contributed by atoms with Crippen LogP contribution >= 0.6 is 22.9 Å². The maximum absolute atomic E-state index is 11.7. The van der Waals surface area contributed by atoms with E-state index in [-0.39, 0.29) is 22.5 Å². The summed E-state index contributed by atoms with van der Waals surface area (Å²) in [6, 6.07) is 0.167. The van der Waals surface area contributed by atoms with Gasteiger partial charge in [-0.3, -0.25) is 4.79 Å². The summed E-state index contributed by atoms with van der Waals surface area (Å²) >= 11 is 6.70. The number of carbonyl (C=O) groups is 1. The molecule has 2 rings (SSSR count). The molecule has 2 unspecified atom stereocenters. The van der Waals surface area contributed by atoms with Gasteiger partial charge in [-0.2, -0.15) is 0 Å². The highest BCUT2D eigenvalue weighted by Crippen LogP contribution is 2.22. The average Bonchev–Trinajstić information content (AvgIpc) is 2.87. The molecule has 1 aromatic rings. The molecule has 16 heavy (non-hydrogen) atoms. The molecular weight excluding hydrogens is 250 g/mol. The van der Waals surface area contributed by atoms with E-state index < -0.39 is 0 Å². The van der Waals surface area contributed by atoms with Gasteiger partial charge in [0.05, 0.1) is 6.10 Å². The number of halogens is 1. The summed E-state index contributed by atoms with van der Waals surface area (Å²) in [5.74, 6) is -0.203. The monoisotopic (exact) mass is 261 g/mol. The summed E-state index contributed by atoms with van der Waals surface area (Å²) in [5.41, 5.74) is 0. The molecule has 1 aromatic heterocycles. The van der Waals surface area contributed by atoms with E-state index in [2.05, 4.69) is 15.5 Å². The molecule has 7 heteroatoms. The molecule has 1 heterocycles. The van der Waals surface area contributed by atoms with Crippen molar-refractivity contribution in [1.29, 1.82) is 0 Å². The van der Waals surface area contributed by atoms with Crippen molar-refractivity contribution in [1.82, 2.24) is 15.5 Å². The Labute approximate surface area is 102 Å². The first-order chi connectivity index (χ1) is 7.69. The minimum absolute atomic E-state index is 0.167. The first-order valence-electron chi connectivity index (χ1n) is 5.01. The van der Waals surface area contributed by atoms with Gasteiger partial charge in [0.1, 0.15) is 0 Å². The first-order valence-corrected chi connectivity index (χ1v) is 6.21. The van der Waals surface area contributed by atoms with Crippen molar-refractivity contribution in [2.45, 2.75) is 31.4 Å². The minimum Gasteiger partial charge on any atom is -0.381 e. The fourth-order valence-electron chi connectivity index (χ4n) is 1.83. The zero-order valence-corrected chi connectivity index (χ0v) is 10.3. The Morgan fingerprint density at radius 1 is 1.56 bits per heavy atom. The van der Waals surface area contributed by atoms with Gasteiger partial charge in [-0.05, 0) is 30.9 Å². The number of ether oxygens (including phenoxy) is 1. The van der Waals surface area contributed by atoms with Crippen LogP contribution in [0.5, 0.6) is 0 Å². The average molecular weight is 262 g/mol. The molecule has 1 amide bonds. The topological polar surface area (TPSA) is 64.1 Å². The number of hydrogen-bond donors (Lipinski definition) is 1. The lowest BCUT2D eigenvalue weighted by Crippen LogP contribution is -2.33. The van der Waals surface area contributed by atoms with E-state index in [4.69, 9.17) is 16.3 Å². The Balaban J connectivity index is 1.89. The van der Waals surface area contributed by atoms with Crippen LogP contribution in [0.1, 0.15) is 29.1 Å². The van der Waals surface area contributed by atoms with Crippen molar-refractivity contribution in [2.24, 2.45) is 0 Å². The van der Waals surface area contributed by atoms with E-state index in [1.165, 1.54) is 0 Å². The second kappa shape index (κ2) is 5.07. The van der Waals surface area contributed by atoms with E-state index in [9.17, 15) is 4.79 Å². The van der Waals surface area contributed by atoms with Crippen molar-refractivity contribution in [3.05, 3.63) is 9.47 Å². The highest BCUT2D eigenvalue weighted by molar-refractivity contribution is 7.17. The molecule has 1 aliphatic carbocycles. The number of nitrogens with zero attached hydrogens (tertiary/aromatic N) is 2. The van der Waals surface area contributed by atoms with Gasteiger partial charge >= 0.3 is 0 Å². The Kier molecular flexibility index (Phi) is 3.73. The molecule has 1 fully saturated rings. The second-order valence-corrected chi connectivity index (χ2v) is 5.26. The Morgan fingerprint density at radius 2 is 2.38 bits per heavy atom. The summed E-state index contributed by atoms with van der Waals surface area (Å²) in [4.78, 5) is 11.7. The van der Waals surface area contributed by atoms with E-state index in [0.717, 1.165) is 30.6 Å². The fraction of sp³-hybridized carbons (Fsp3) is 0.667.